The molecular weight excluding hydrogens is 205 g/mol. The zero-order valence-corrected chi connectivity index (χ0v) is 6.72. The second kappa shape index (κ2) is 3.02. The molecule has 0 spiro atoms. The van der Waals surface area contributed by atoms with Gasteiger partial charge in [-0.25, -0.2) is 4.39 Å². The minimum absolute atomic E-state index is 0.197. The fourth-order valence-electron chi connectivity index (χ4n) is 0.612. The van der Waals surface area contributed by atoms with Crippen molar-refractivity contribution in [3.05, 3.63) is 0 Å². The van der Waals surface area contributed by atoms with Gasteiger partial charge in [-0.15, -0.1) is 0 Å². The van der Waals surface area contributed by atoms with E-state index in [4.69, 9.17) is 0 Å². The highest BCUT2D eigenvalue weighted by atomic mass is 19.4. The van der Waals surface area contributed by atoms with Gasteiger partial charge in [0.05, 0.1) is 0 Å². The molecule has 0 fully saturated rings. The summed E-state index contributed by atoms with van der Waals surface area (Å²) >= 11 is 0. The third kappa shape index (κ3) is 1.88. The van der Waals surface area contributed by atoms with Crippen molar-refractivity contribution in [3.8, 4) is 0 Å². The van der Waals surface area contributed by atoms with Gasteiger partial charge in [-0.3, -0.25) is 0 Å². The minimum Gasteiger partial charge on any atom is -0.246 e. The maximum atomic E-state index is 12.3. The van der Waals surface area contributed by atoms with Crippen LogP contribution in [0, 0.1) is 5.41 Å². The predicted molar refractivity (Wildman–Crippen MR) is 30.8 cm³/mol. The first kappa shape index (κ1) is 12.5. The predicted octanol–water partition coefficient (Wildman–Crippen LogP) is 3.48. The Kier molecular flexibility index (Phi) is 2.91. The lowest BCUT2D eigenvalue weighted by Crippen LogP contribution is -2.53. The third-order valence-electron chi connectivity index (χ3n) is 1.97. The SMILES string of the molecule is CC(F)C(C)(C(F)(F)F)C(F)(F)F. The molecule has 0 saturated heterocycles. The van der Waals surface area contributed by atoms with Gasteiger partial charge in [-0.1, -0.05) is 0 Å². The Balaban J connectivity index is 5.22. The molecule has 0 N–H and O–H groups in total. The summed E-state index contributed by atoms with van der Waals surface area (Å²) < 4.78 is 83.6. The highest BCUT2D eigenvalue weighted by Gasteiger charge is 2.70. The van der Waals surface area contributed by atoms with E-state index in [9.17, 15) is 30.7 Å². The van der Waals surface area contributed by atoms with Crippen LogP contribution < -0.4 is 0 Å². The van der Waals surface area contributed by atoms with E-state index in [1.807, 2.05) is 0 Å². The number of hydrogen-bond donors (Lipinski definition) is 0. The van der Waals surface area contributed by atoms with Gasteiger partial charge in [0.15, 0.2) is 5.41 Å². The lowest BCUT2D eigenvalue weighted by atomic mass is 9.84. The second-order valence-corrected chi connectivity index (χ2v) is 2.81. The van der Waals surface area contributed by atoms with Crippen LogP contribution in [-0.2, 0) is 0 Å². The van der Waals surface area contributed by atoms with Crippen LogP contribution in [0.15, 0.2) is 0 Å². The molecular formula is C6H7F7. The summed E-state index contributed by atoms with van der Waals surface area (Å²) in [5.41, 5.74) is -4.29. The van der Waals surface area contributed by atoms with Gasteiger partial charge in [-0.05, 0) is 13.8 Å². The van der Waals surface area contributed by atoms with E-state index in [1.165, 1.54) is 0 Å². The maximum Gasteiger partial charge on any atom is 0.405 e. The molecule has 0 amide bonds. The van der Waals surface area contributed by atoms with E-state index in [1.54, 1.807) is 0 Å². The Bertz CT molecular complexity index is 160. The van der Waals surface area contributed by atoms with Crippen LogP contribution in [0.2, 0.25) is 0 Å². The molecule has 0 rings (SSSR count). The van der Waals surface area contributed by atoms with Crippen molar-refractivity contribution in [2.24, 2.45) is 5.41 Å². The second-order valence-electron chi connectivity index (χ2n) is 2.81. The summed E-state index contributed by atoms with van der Waals surface area (Å²) in [7, 11) is 0. The maximum absolute atomic E-state index is 12.3. The molecule has 0 bridgehead atoms. The molecule has 7 heteroatoms. The standard InChI is InChI=1S/C6H7F7/c1-3(7)4(2,5(8,9)10)6(11,12)13/h3H,1-2H3. The summed E-state index contributed by atoms with van der Waals surface area (Å²) in [6.07, 6.45) is -14.3. The smallest absolute Gasteiger partial charge is 0.246 e. The summed E-state index contributed by atoms with van der Waals surface area (Å²) in [5.74, 6) is 0. The summed E-state index contributed by atoms with van der Waals surface area (Å²) in [4.78, 5) is 0. The van der Waals surface area contributed by atoms with Crippen LogP contribution in [0.5, 0.6) is 0 Å². The Morgan fingerprint density at radius 3 is 1.08 bits per heavy atom. The average Bonchev–Trinajstić information content (AvgIpc) is 1.80. The highest BCUT2D eigenvalue weighted by Crippen LogP contribution is 2.52. The largest absolute Gasteiger partial charge is 0.405 e. The normalized spacial score (nSPS) is 17.3. The minimum atomic E-state index is -5.64. The van der Waals surface area contributed by atoms with Crippen LogP contribution in [0.1, 0.15) is 13.8 Å². The van der Waals surface area contributed by atoms with E-state index in [2.05, 4.69) is 0 Å². The molecule has 0 radical (unpaired) electrons. The van der Waals surface area contributed by atoms with Crippen molar-refractivity contribution >= 4 is 0 Å². The van der Waals surface area contributed by atoms with Crippen LogP contribution in [0.4, 0.5) is 30.7 Å². The Morgan fingerprint density at radius 2 is 1.08 bits per heavy atom. The van der Waals surface area contributed by atoms with Crippen molar-refractivity contribution in [1.82, 2.24) is 0 Å². The number of halogens is 7. The lowest BCUT2D eigenvalue weighted by Gasteiger charge is -2.34. The molecule has 0 saturated carbocycles. The lowest BCUT2D eigenvalue weighted by molar-refractivity contribution is -0.349. The monoisotopic (exact) mass is 212 g/mol. The van der Waals surface area contributed by atoms with E-state index in [0.29, 0.717) is 0 Å². The fraction of sp³-hybridized carbons (Fsp3) is 1.00. The Labute approximate surface area is 69.7 Å². The molecule has 0 aliphatic rings. The van der Waals surface area contributed by atoms with Gasteiger partial charge in [0.2, 0.25) is 0 Å². The van der Waals surface area contributed by atoms with Crippen LogP contribution >= 0.6 is 0 Å². The van der Waals surface area contributed by atoms with Crippen molar-refractivity contribution in [2.75, 3.05) is 0 Å². The van der Waals surface area contributed by atoms with E-state index < -0.39 is 23.9 Å². The van der Waals surface area contributed by atoms with Crippen molar-refractivity contribution in [1.29, 1.82) is 0 Å². The van der Waals surface area contributed by atoms with Crippen LogP contribution in [-0.4, -0.2) is 18.5 Å². The summed E-state index contributed by atoms with van der Waals surface area (Å²) in [5, 5.41) is 0. The van der Waals surface area contributed by atoms with Gasteiger partial charge in [-0.2, -0.15) is 26.3 Å². The zero-order chi connectivity index (χ0) is 11.1. The van der Waals surface area contributed by atoms with Gasteiger partial charge in [0.25, 0.3) is 0 Å². The fourth-order valence-corrected chi connectivity index (χ4v) is 0.612. The number of alkyl halides is 7. The molecule has 1 atom stereocenters. The first-order valence-electron chi connectivity index (χ1n) is 3.22. The van der Waals surface area contributed by atoms with E-state index in [-0.39, 0.29) is 13.8 Å². The highest BCUT2D eigenvalue weighted by molar-refractivity contribution is 4.93. The molecule has 0 aromatic carbocycles. The molecule has 0 aliphatic heterocycles. The Hall–Kier alpha value is -0.490. The topological polar surface area (TPSA) is 0 Å². The Morgan fingerprint density at radius 1 is 0.846 bits per heavy atom. The zero-order valence-electron chi connectivity index (χ0n) is 6.72. The van der Waals surface area contributed by atoms with Gasteiger partial charge in [0, 0.05) is 0 Å². The van der Waals surface area contributed by atoms with E-state index in [0.717, 1.165) is 0 Å². The van der Waals surface area contributed by atoms with Gasteiger partial charge < -0.3 is 0 Å². The van der Waals surface area contributed by atoms with Crippen molar-refractivity contribution in [2.45, 2.75) is 32.4 Å². The molecule has 0 nitrogen and oxygen atoms in total. The molecule has 0 aromatic rings. The summed E-state index contributed by atoms with van der Waals surface area (Å²) in [6, 6.07) is 0. The third-order valence-corrected chi connectivity index (χ3v) is 1.97. The first-order chi connectivity index (χ1) is 5.44. The van der Waals surface area contributed by atoms with Crippen molar-refractivity contribution < 1.29 is 30.7 Å². The molecule has 13 heavy (non-hydrogen) atoms. The van der Waals surface area contributed by atoms with Crippen LogP contribution in [0.3, 0.4) is 0 Å². The summed E-state index contributed by atoms with van der Waals surface area (Å²) in [6.45, 7) is 0.0403. The number of rotatable bonds is 1. The molecule has 0 aromatic heterocycles. The van der Waals surface area contributed by atoms with Gasteiger partial charge in [0.1, 0.15) is 6.17 Å². The number of hydrogen-bond acceptors (Lipinski definition) is 0. The van der Waals surface area contributed by atoms with Crippen LogP contribution in [0.25, 0.3) is 0 Å². The quantitative estimate of drug-likeness (QED) is 0.583. The van der Waals surface area contributed by atoms with E-state index >= 15 is 0 Å². The average molecular weight is 212 g/mol. The molecule has 1 unspecified atom stereocenters. The van der Waals surface area contributed by atoms with Gasteiger partial charge >= 0.3 is 12.4 Å². The first-order valence-corrected chi connectivity index (χ1v) is 3.22. The van der Waals surface area contributed by atoms with Crippen molar-refractivity contribution in [3.63, 3.8) is 0 Å². The molecule has 0 heterocycles. The molecule has 80 valence electrons. The molecule has 0 aliphatic carbocycles.